The molecule has 6 nitrogen and oxygen atoms in total. The number of ether oxygens (including phenoxy) is 2. The normalized spacial score (nSPS) is 15.2. The molecule has 1 fully saturated rings. The summed E-state index contributed by atoms with van der Waals surface area (Å²) in [5.41, 5.74) is 3.84. The Bertz CT molecular complexity index is 1690. The van der Waals surface area contributed by atoms with Gasteiger partial charge in [0.1, 0.15) is 24.0 Å². The van der Waals surface area contributed by atoms with Gasteiger partial charge >= 0.3 is 0 Å². The van der Waals surface area contributed by atoms with Gasteiger partial charge in [-0.3, -0.25) is 4.79 Å². The number of hydrogen-bond acceptors (Lipinski definition) is 4. The first kappa shape index (κ1) is 25.3. The van der Waals surface area contributed by atoms with Crippen LogP contribution in [0, 0.1) is 5.82 Å². The van der Waals surface area contributed by atoms with Crippen LogP contribution in [0.25, 0.3) is 22.2 Å². The van der Waals surface area contributed by atoms with E-state index in [1.54, 1.807) is 35.0 Å². The smallest absolute Gasteiger partial charge is 0.251 e. The first-order valence-corrected chi connectivity index (χ1v) is 13.3. The maximum atomic E-state index is 14.1. The zero-order chi connectivity index (χ0) is 26.8. The van der Waals surface area contributed by atoms with E-state index in [4.69, 9.17) is 26.1 Å². The number of hydrogen-bond donors (Lipinski definition) is 0. The standard InChI is InChI=1S/C31H27ClFN3O3/c32-24-11-10-23(27(33)17-24)20-39-25-6-3-5-21(15-25)22-12-13-35(31(37)16-22)19-30-34-28-8-1-2-9-29(28)36(30)18-26-7-4-14-38-26/h1-3,5-6,8-13,15-17,26H,4,7,14,18-20H2. The molecule has 8 heteroatoms. The summed E-state index contributed by atoms with van der Waals surface area (Å²) in [4.78, 5) is 18.0. The lowest BCUT2D eigenvalue weighted by Gasteiger charge is -2.15. The Morgan fingerprint density at radius 3 is 2.72 bits per heavy atom. The molecule has 3 heterocycles. The molecule has 1 aliphatic heterocycles. The summed E-state index contributed by atoms with van der Waals surface area (Å²) >= 11 is 5.83. The lowest BCUT2D eigenvalue weighted by Crippen LogP contribution is -2.23. The van der Waals surface area contributed by atoms with Crippen molar-refractivity contribution in [1.29, 1.82) is 0 Å². The van der Waals surface area contributed by atoms with Gasteiger partial charge in [0, 0.05) is 29.5 Å². The molecular formula is C31H27ClFN3O3. The Kier molecular flexibility index (Phi) is 7.18. The van der Waals surface area contributed by atoms with Crippen LogP contribution in [-0.2, 0) is 24.4 Å². The van der Waals surface area contributed by atoms with Crippen molar-refractivity contribution in [2.24, 2.45) is 0 Å². The minimum absolute atomic E-state index is 0.0704. The fourth-order valence-corrected chi connectivity index (χ4v) is 5.14. The van der Waals surface area contributed by atoms with E-state index in [9.17, 15) is 9.18 Å². The number of imidazole rings is 1. The second-order valence-corrected chi connectivity index (χ2v) is 10.1. The topological polar surface area (TPSA) is 58.3 Å². The Labute approximate surface area is 230 Å². The van der Waals surface area contributed by atoms with Crippen molar-refractivity contribution in [3.63, 3.8) is 0 Å². The number of nitrogens with zero attached hydrogens (tertiary/aromatic N) is 3. The second kappa shape index (κ2) is 11.0. The predicted octanol–water partition coefficient (Wildman–Crippen LogP) is 6.46. The van der Waals surface area contributed by atoms with Gasteiger partial charge in [-0.25, -0.2) is 9.37 Å². The molecule has 0 amide bonds. The van der Waals surface area contributed by atoms with Gasteiger partial charge in [-0.1, -0.05) is 41.9 Å². The van der Waals surface area contributed by atoms with Crippen LogP contribution in [0.2, 0.25) is 5.02 Å². The van der Waals surface area contributed by atoms with Crippen molar-refractivity contribution in [1.82, 2.24) is 14.1 Å². The lowest BCUT2D eigenvalue weighted by atomic mass is 10.1. The Morgan fingerprint density at radius 2 is 1.90 bits per heavy atom. The van der Waals surface area contributed by atoms with Crippen LogP contribution in [0.3, 0.4) is 0 Å². The van der Waals surface area contributed by atoms with E-state index >= 15 is 0 Å². The third kappa shape index (κ3) is 5.60. The Hall–Kier alpha value is -3.94. The van der Waals surface area contributed by atoms with Gasteiger partial charge in [0.2, 0.25) is 0 Å². The monoisotopic (exact) mass is 543 g/mol. The second-order valence-electron chi connectivity index (χ2n) is 9.70. The summed E-state index contributed by atoms with van der Waals surface area (Å²) in [6.07, 6.45) is 4.05. The average molecular weight is 544 g/mol. The van der Waals surface area contributed by atoms with Gasteiger partial charge in [-0.2, -0.15) is 0 Å². The van der Waals surface area contributed by atoms with Gasteiger partial charge in [0.05, 0.1) is 30.2 Å². The zero-order valence-corrected chi connectivity index (χ0v) is 22.0. The van der Waals surface area contributed by atoms with Crippen molar-refractivity contribution >= 4 is 22.6 Å². The van der Waals surface area contributed by atoms with Crippen LogP contribution >= 0.6 is 11.6 Å². The summed E-state index contributed by atoms with van der Waals surface area (Å²) in [5, 5.41) is 0.341. The molecule has 0 saturated carbocycles. The molecule has 1 aliphatic rings. The van der Waals surface area contributed by atoms with Gasteiger partial charge < -0.3 is 18.6 Å². The highest BCUT2D eigenvalue weighted by molar-refractivity contribution is 6.30. The van der Waals surface area contributed by atoms with E-state index in [1.165, 1.54) is 6.07 Å². The molecule has 0 radical (unpaired) electrons. The SMILES string of the molecule is O=c1cc(-c2cccc(OCc3ccc(Cl)cc3F)c2)ccn1Cc1nc2ccccc2n1CC1CCCO1. The van der Waals surface area contributed by atoms with Crippen molar-refractivity contribution < 1.29 is 13.9 Å². The quantitative estimate of drug-likeness (QED) is 0.225. The predicted molar refractivity (Wildman–Crippen MR) is 150 cm³/mol. The van der Waals surface area contributed by atoms with Crippen molar-refractivity contribution in [2.45, 2.75) is 38.6 Å². The highest BCUT2D eigenvalue weighted by atomic mass is 35.5. The summed E-state index contributed by atoms with van der Waals surface area (Å²) in [6.45, 7) is 1.93. The third-order valence-corrected chi connectivity index (χ3v) is 7.26. The number of para-hydroxylation sites is 2. The Balaban J connectivity index is 1.22. The summed E-state index contributed by atoms with van der Waals surface area (Å²) in [6, 6.07) is 23.5. The molecule has 6 rings (SSSR count). The number of benzene rings is 3. The van der Waals surface area contributed by atoms with Crippen LogP contribution in [0.5, 0.6) is 5.75 Å². The largest absolute Gasteiger partial charge is 0.489 e. The van der Waals surface area contributed by atoms with Gasteiger partial charge in [0.25, 0.3) is 5.56 Å². The number of halogens is 2. The van der Waals surface area contributed by atoms with Crippen LogP contribution in [-0.4, -0.2) is 26.8 Å². The summed E-state index contributed by atoms with van der Waals surface area (Å²) < 4.78 is 29.6. The molecule has 3 aromatic carbocycles. The minimum atomic E-state index is -0.411. The average Bonchev–Trinajstić information content (AvgIpc) is 3.58. The van der Waals surface area contributed by atoms with Gasteiger partial charge in [-0.15, -0.1) is 0 Å². The number of rotatable bonds is 8. The molecule has 0 bridgehead atoms. The summed E-state index contributed by atoms with van der Waals surface area (Å²) in [7, 11) is 0. The summed E-state index contributed by atoms with van der Waals surface area (Å²) in [5.74, 6) is 0.992. The molecular weight excluding hydrogens is 517 g/mol. The maximum absolute atomic E-state index is 14.1. The van der Waals surface area contributed by atoms with E-state index in [0.29, 0.717) is 22.9 Å². The van der Waals surface area contributed by atoms with E-state index in [1.807, 2.05) is 42.5 Å². The first-order chi connectivity index (χ1) is 19.0. The van der Waals surface area contributed by atoms with E-state index in [2.05, 4.69) is 10.6 Å². The Morgan fingerprint density at radius 1 is 1.03 bits per heavy atom. The number of aromatic nitrogens is 3. The molecule has 198 valence electrons. The van der Waals surface area contributed by atoms with Crippen LogP contribution < -0.4 is 10.3 Å². The number of fused-ring (bicyclic) bond motifs is 1. The maximum Gasteiger partial charge on any atom is 0.251 e. The molecule has 0 aliphatic carbocycles. The first-order valence-electron chi connectivity index (χ1n) is 13.0. The molecule has 5 aromatic rings. The molecule has 2 aromatic heterocycles. The van der Waals surface area contributed by atoms with Gasteiger partial charge in [0.15, 0.2) is 0 Å². The van der Waals surface area contributed by atoms with Gasteiger partial charge in [-0.05, 0) is 66.4 Å². The van der Waals surface area contributed by atoms with Crippen LogP contribution in [0.4, 0.5) is 4.39 Å². The molecule has 1 saturated heterocycles. The van der Waals surface area contributed by atoms with E-state index < -0.39 is 5.82 Å². The van der Waals surface area contributed by atoms with Crippen LogP contribution in [0.1, 0.15) is 24.2 Å². The third-order valence-electron chi connectivity index (χ3n) is 7.03. The zero-order valence-electron chi connectivity index (χ0n) is 21.2. The molecule has 0 spiro atoms. The molecule has 1 atom stereocenters. The number of pyridine rings is 1. The molecule has 1 unspecified atom stereocenters. The highest BCUT2D eigenvalue weighted by Gasteiger charge is 2.20. The molecule has 39 heavy (non-hydrogen) atoms. The van der Waals surface area contributed by atoms with Crippen molar-refractivity contribution in [3.8, 4) is 16.9 Å². The van der Waals surface area contributed by atoms with Crippen molar-refractivity contribution in [3.05, 3.63) is 118 Å². The van der Waals surface area contributed by atoms with Crippen LogP contribution in [0.15, 0.2) is 89.9 Å². The van der Waals surface area contributed by atoms with E-state index in [-0.39, 0.29) is 18.3 Å². The fraction of sp³-hybridized carbons (Fsp3) is 0.226. The fourth-order valence-electron chi connectivity index (χ4n) is 4.98. The molecule has 0 N–H and O–H groups in total. The lowest BCUT2D eigenvalue weighted by molar-refractivity contribution is 0.0971. The highest BCUT2D eigenvalue weighted by Crippen LogP contribution is 2.25. The minimum Gasteiger partial charge on any atom is -0.489 e. The van der Waals surface area contributed by atoms with Crippen molar-refractivity contribution in [2.75, 3.05) is 6.61 Å². The van der Waals surface area contributed by atoms with E-state index in [0.717, 1.165) is 54.0 Å².